The van der Waals surface area contributed by atoms with Crippen LogP contribution in [0.15, 0.2) is 42.5 Å². The summed E-state index contributed by atoms with van der Waals surface area (Å²) in [5, 5.41) is 0.691. The number of rotatable bonds is 3. The predicted molar refractivity (Wildman–Crippen MR) is 89.0 cm³/mol. The average Bonchev–Trinajstić information content (AvgIpc) is 2.55. The zero-order chi connectivity index (χ0) is 17.1. The van der Waals surface area contributed by atoms with Crippen molar-refractivity contribution in [3.05, 3.63) is 70.2 Å². The van der Waals surface area contributed by atoms with Crippen LogP contribution >= 0.6 is 11.6 Å². The van der Waals surface area contributed by atoms with Crippen molar-refractivity contribution in [2.24, 2.45) is 0 Å². The Morgan fingerprint density at radius 1 is 1.00 bits per heavy atom. The molecule has 0 aliphatic carbocycles. The van der Waals surface area contributed by atoms with Crippen LogP contribution in [0.25, 0.3) is 0 Å². The van der Waals surface area contributed by atoms with Crippen molar-refractivity contribution in [3.8, 4) is 0 Å². The maximum Gasteiger partial charge on any atom is 0.259 e. The van der Waals surface area contributed by atoms with Crippen LogP contribution in [0.1, 0.15) is 15.9 Å². The third-order valence-corrected chi connectivity index (χ3v) is 4.37. The van der Waals surface area contributed by atoms with Crippen LogP contribution in [0.2, 0.25) is 5.02 Å². The van der Waals surface area contributed by atoms with E-state index in [-0.39, 0.29) is 0 Å². The first-order valence-electron chi connectivity index (χ1n) is 7.74. The Bertz CT molecular complexity index is 725. The number of halogens is 3. The number of carbonyl (C=O) groups is 1. The molecule has 3 rings (SSSR count). The highest BCUT2D eigenvalue weighted by molar-refractivity contribution is 6.30. The van der Waals surface area contributed by atoms with Crippen molar-refractivity contribution >= 4 is 17.5 Å². The molecule has 1 fully saturated rings. The zero-order valence-corrected chi connectivity index (χ0v) is 13.8. The molecule has 0 aromatic heterocycles. The lowest BCUT2D eigenvalue weighted by Gasteiger charge is -2.34. The smallest absolute Gasteiger partial charge is 0.259 e. The van der Waals surface area contributed by atoms with Crippen molar-refractivity contribution in [1.29, 1.82) is 0 Å². The summed E-state index contributed by atoms with van der Waals surface area (Å²) in [6.07, 6.45) is 0. The van der Waals surface area contributed by atoms with Gasteiger partial charge in [-0.3, -0.25) is 9.69 Å². The summed E-state index contributed by atoms with van der Waals surface area (Å²) in [7, 11) is 0. The number of nitrogens with zero attached hydrogens (tertiary/aromatic N) is 2. The molecular formula is C18H17ClF2N2O. The predicted octanol–water partition coefficient (Wildman–Crippen LogP) is 3.58. The van der Waals surface area contributed by atoms with Crippen LogP contribution < -0.4 is 0 Å². The third-order valence-electron chi connectivity index (χ3n) is 4.13. The lowest BCUT2D eigenvalue weighted by atomic mass is 10.1. The highest BCUT2D eigenvalue weighted by atomic mass is 35.5. The maximum absolute atomic E-state index is 13.7. The zero-order valence-electron chi connectivity index (χ0n) is 13.0. The average molecular weight is 351 g/mol. The van der Waals surface area contributed by atoms with E-state index in [1.165, 1.54) is 11.0 Å². The van der Waals surface area contributed by atoms with Crippen LogP contribution in [0, 0.1) is 11.6 Å². The number of carbonyl (C=O) groups excluding carboxylic acids is 1. The normalized spacial score (nSPS) is 15.5. The minimum absolute atomic E-state index is 0.438. The summed E-state index contributed by atoms with van der Waals surface area (Å²) >= 11 is 5.98. The molecule has 24 heavy (non-hydrogen) atoms. The molecule has 1 amide bonds. The second kappa shape index (κ2) is 7.28. The summed E-state index contributed by atoms with van der Waals surface area (Å²) in [6, 6.07) is 11.1. The first kappa shape index (κ1) is 16.9. The van der Waals surface area contributed by atoms with Gasteiger partial charge in [0.05, 0.1) is 0 Å². The van der Waals surface area contributed by atoms with E-state index in [1.807, 2.05) is 24.3 Å². The number of amides is 1. The molecule has 0 N–H and O–H groups in total. The molecule has 2 aromatic carbocycles. The molecule has 0 unspecified atom stereocenters. The highest BCUT2D eigenvalue weighted by Gasteiger charge is 2.26. The minimum Gasteiger partial charge on any atom is -0.336 e. The Morgan fingerprint density at radius 3 is 2.25 bits per heavy atom. The summed E-state index contributed by atoms with van der Waals surface area (Å²) in [5.41, 5.74) is 0.628. The van der Waals surface area contributed by atoms with Gasteiger partial charge in [-0.2, -0.15) is 0 Å². The van der Waals surface area contributed by atoms with Gasteiger partial charge in [0.15, 0.2) is 0 Å². The maximum atomic E-state index is 13.7. The van der Waals surface area contributed by atoms with E-state index in [0.29, 0.717) is 31.2 Å². The Hall–Kier alpha value is -1.98. The fourth-order valence-corrected chi connectivity index (χ4v) is 3.08. The minimum atomic E-state index is -0.818. The van der Waals surface area contributed by atoms with Crippen LogP contribution in [-0.4, -0.2) is 41.9 Å². The molecule has 6 heteroatoms. The van der Waals surface area contributed by atoms with E-state index < -0.39 is 23.1 Å². The molecule has 0 saturated carbocycles. The van der Waals surface area contributed by atoms with Crippen molar-refractivity contribution in [1.82, 2.24) is 9.80 Å². The topological polar surface area (TPSA) is 23.6 Å². The van der Waals surface area contributed by atoms with Gasteiger partial charge in [-0.05, 0) is 29.8 Å². The standard InChI is InChI=1S/C18H17ClF2N2O/c19-14-4-1-3-13(11-14)12-22-7-9-23(10-8-22)18(24)17-15(20)5-2-6-16(17)21/h1-6,11H,7-10,12H2. The van der Waals surface area contributed by atoms with Gasteiger partial charge in [-0.15, -0.1) is 0 Å². The van der Waals surface area contributed by atoms with E-state index in [2.05, 4.69) is 4.90 Å². The van der Waals surface area contributed by atoms with Gasteiger partial charge in [0.1, 0.15) is 17.2 Å². The van der Waals surface area contributed by atoms with Crippen LogP contribution in [0.5, 0.6) is 0 Å². The molecule has 3 nitrogen and oxygen atoms in total. The Kier molecular flexibility index (Phi) is 5.11. The molecule has 1 aliphatic heterocycles. The van der Waals surface area contributed by atoms with E-state index in [1.54, 1.807) is 0 Å². The monoisotopic (exact) mass is 350 g/mol. The fraction of sp³-hybridized carbons (Fsp3) is 0.278. The largest absolute Gasteiger partial charge is 0.336 e. The number of hydrogen-bond acceptors (Lipinski definition) is 2. The quantitative estimate of drug-likeness (QED) is 0.844. The van der Waals surface area contributed by atoms with E-state index in [4.69, 9.17) is 11.6 Å². The Labute approximate surface area is 144 Å². The van der Waals surface area contributed by atoms with Gasteiger partial charge in [-0.25, -0.2) is 8.78 Å². The molecule has 0 radical (unpaired) electrons. The third kappa shape index (κ3) is 3.74. The van der Waals surface area contributed by atoms with Gasteiger partial charge >= 0.3 is 0 Å². The van der Waals surface area contributed by atoms with Crippen molar-refractivity contribution < 1.29 is 13.6 Å². The SMILES string of the molecule is O=C(c1c(F)cccc1F)N1CCN(Cc2cccc(Cl)c2)CC1. The Balaban J connectivity index is 1.62. The van der Waals surface area contributed by atoms with E-state index in [0.717, 1.165) is 24.2 Å². The van der Waals surface area contributed by atoms with Gasteiger partial charge in [0, 0.05) is 37.7 Å². The first-order valence-corrected chi connectivity index (χ1v) is 8.12. The number of hydrogen-bond donors (Lipinski definition) is 0. The summed E-state index contributed by atoms with van der Waals surface area (Å²) < 4.78 is 27.5. The van der Waals surface area contributed by atoms with E-state index in [9.17, 15) is 13.6 Å². The molecule has 126 valence electrons. The molecule has 0 spiro atoms. The van der Waals surface area contributed by atoms with Crippen LogP contribution in [-0.2, 0) is 6.54 Å². The lowest BCUT2D eigenvalue weighted by molar-refractivity contribution is 0.0619. The molecule has 0 atom stereocenters. The summed E-state index contributed by atoms with van der Waals surface area (Å²) in [4.78, 5) is 16.0. The fourth-order valence-electron chi connectivity index (χ4n) is 2.86. The van der Waals surface area contributed by atoms with Gasteiger partial charge < -0.3 is 4.90 Å². The summed E-state index contributed by atoms with van der Waals surface area (Å²) in [6.45, 7) is 2.90. The highest BCUT2D eigenvalue weighted by Crippen LogP contribution is 2.18. The first-order chi connectivity index (χ1) is 11.5. The van der Waals surface area contributed by atoms with Gasteiger partial charge in [-0.1, -0.05) is 29.8 Å². The Morgan fingerprint density at radius 2 is 1.62 bits per heavy atom. The van der Waals surface area contributed by atoms with Gasteiger partial charge in [0.2, 0.25) is 0 Å². The molecule has 0 bridgehead atoms. The second-order valence-corrected chi connectivity index (χ2v) is 6.23. The number of benzene rings is 2. The molecule has 2 aromatic rings. The lowest BCUT2D eigenvalue weighted by Crippen LogP contribution is -2.48. The van der Waals surface area contributed by atoms with E-state index >= 15 is 0 Å². The van der Waals surface area contributed by atoms with Crippen molar-refractivity contribution in [3.63, 3.8) is 0 Å². The molecule has 1 heterocycles. The van der Waals surface area contributed by atoms with Crippen LogP contribution in [0.4, 0.5) is 8.78 Å². The summed E-state index contributed by atoms with van der Waals surface area (Å²) in [5.74, 6) is -2.23. The van der Waals surface area contributed by atoms with Crippen molar-refractivity contribution in [2.75, 3.05) is 26.2 Å². The molecule has 1 aliphatic rings. The number of piperazine rings is 1. The van der Waals surface area contributed by atoms with Crippen LogP contribution in [0.3, 0.4) is 0 Å². The molecular weight excluding hydrogens is 334 g/mol. The molecule has 1 saturated heterocycles. The second-order valence-electron chi connectivity index (χ2n) is 5.79. The van der Waals surface area contributed by atoms with Crippen molar-refractivity contribution in [2.45, 2.75) is 6.54 Å². The van der Waals surface area contributed by atoms with Gasteiger partial charge in [0.25, 0.3) is 5.91 Å².